The number of hydrogen-bond donors (Lipinski definition) is 1. The highest BCUT2D eigenvalue weighted by Gasteiger charge is 2.35. The molecule has 2 rings (SSSR count). The van der Waals surface area contributed by atoms with Gasteiger partial charge in [-0.3, -0.25) is 4.57 Å². The summed E-state index contributed by atoms with van der Waals surface area (Å²) in [7, 11) is 0.921. The summed E-state index contributed by atoms with van der Waals surface area (Å²) in [6.07, 6.45) is 1.65. The van der Waals surface area contributed by atoms with E-state index in [-0.39, 0.29) is 0 Å². The number of pyridine rings is 1. The second-order valence-electron chi connectivity index (χ2n) is 4.44. The first kappa shape index (κ1) is 16.5. The largest absolute Gasteiger partial charge is 0.497 e. The van der Waals surface area contributed by atoms with Gasteiger partial charge >= 0.3 is 7.60 Å². The van der Waals surface area contributed by atoms with Crippen molar-refractivity contribution in [2.24, 2.45) is 0 Å². The van der Waals surface area contributed by atoms with Gasteiger partial charge in [-0.05, 0) is 29.8 Å². The van der Waals surface area contributed by atoms with Crippen LogP contribution in [0.25, 0.3) is 0 Å². The number of benzene rings is 1. The predicted octanol–water partition coefficient (Wildman–Crippen LogP) is 3.69. The fraction of sp³-hybridized carbons (Fsp3) is 0.267. The minimum atomic E-state index is -3.39. The molecule has 0 aliphatic rings. The van der Waals surface area contributed by atoms with Crippen LogP contribution in [0.4, 0.5) is 5.82 Å². The van der Waals surface area contributed by atoms with Crippen molar-refractivity contribution in [1.29, 1.82) is 0 Å². The second kappa shape index (κ2) is 7.40. The van der Waals surface area contributed by atoms with Crippen molar-refractivity contribution >= 4 is 13.4 Å². The van der Waals surface area contributed by atoms with E-state index in [1.807, 2.05) is 18.2 Å². The van der Waals surface area contributed by atoms with Crippen molar-refractivity contribution in [3.8, 4) is 5.75 Å². The van der Waals surface area contributed by atoms with E-state index in [0.717, 1.165) is 5.56 Å². The molecule has 1 heterocycles. The molecule has 1 N–H and O–H groups in total. The molecule has 0 saturated carbocycles. The number of methoxy groups -OCH3 is 1. The van der Waals surface area contributed by atoms with E-state index >= 15 is 0 Å². The van der Waals surface area contributed by atoms with E-state index in [1.165, 1.54) is 14.2 Å². The molecule has 7 heteroatoms. The standard InChI is InChI=1S/C15H19N2O4P/c1-19-13-9-7-12(8-10-13)15(22(18,20-2)21-3)17-14-6-4-5-11-16-14/h4-11,15H,1-3H3,(H,16,17). The number of anilines is 1. The predicted molar refractivity (Wildman–Crippen MR) is 85.2 cm³/mol. The van der Waals surface area contributed by atoms with Gasteiger partial charge in [-0.1, -0.05) is 18.2 Å². The molecule has 1 aromatic heterocycles. The first-order valence-corrected chi connectivity index (χ1v) is 8.27. The van der Waals surface area contributed by atoms with Crippen molar-refractivity contribution in [2.75, 3.05) is 26.6 Å². The first-order chi connectivity index (χ1) is 10.6. The quantitative estimate of drug-likeness (QED) is 0.784. The maximum Gasteiger partial charge on any atom is 0.356 e. The van der Waals surface area contributed by atoms with E-state index in [1.54, 1.807) is 37.6 Å². The van der Waals surface area contributed by atoms with E-state index in [4.69, 9.17) is 13.8 Å². The average molecular weight is 322 g/mol. The monoisotopic (exact) mass is 322 g/mol. The highest BCUT2D eigenvalue weighted by atomic mass is 31.2. The number of aromatic nitrogens is 1. The molecular formula is C15H19N2O4P. The number of hydrogen-bond acceptors (Lipinski definition) is 6. The SMILES string of the molecule is COc1ccc(C(Nc2ccccn2)P(=O)(OC)OC)cc1. The van der Waals surface area contributed by atoms with Crippen LogP contribution in [-0.4, -0.2) is 26.3 Å². The lowest BCUT2D eigenvalue weighted by Gasteiger charge is -2.26. The number of rotatable bonds is 7. The third-order valence-electron chi connectivity index (χ3n) is 3.21. The second-order valence-corrected chi connectivity index (χ2v) is 6.77. The van der Waals surface area contributed by atoms with Gasteiger partial charge in [-0.25, -0.2) is 4.98 Å². The van der Waals surface area contributed by atoms with E-state index < -0.39 is 13.4 Å². The van der Waals surface area contributed by atoms with Gasteiger partial charge in [0, 0.05) is 20.4 Å². The van der Waals surface area contributed by atoms with Crippen LogP contribution in [0.5, 0.6) is 5.75 Å². The summed E-state index contributed by atoms with van der Waals surface area (Å²) in [5, 5.41) is 3.11. The Morgan fingerprint density at radius 2 is 1.73 bits per heavy atom. The normalized spacial score (nSPS) is 12.7. The molecule has 1 atom stereocenters. The third-order valence-corrected chi connectivity index (χ3v) is 5.28. The summed E-state index contributed by atoms with van der Waals surface area (Å²) in [5.41, 5.74) is 0.749. The molecule has 0 radical (unpaired) electrons. The lowest BCUT2D eigenvalue weighted by molar-refractivity contribution is 0.268. The van der Waals surface area contributed by atoms with Crippen LogP contribution in [0.15, 0.2) is 48.7 Å². The smallest absolute Gasteiger partial charge is 0.356 e. The van der Waals surface area contributed by atoms with Crippen LogP contribution in [0.1, 0.15) is 11.3 Å². The molecule has 0 aliphatic carbocycles. The molecule has 0 fully saturated rings. The zero-order valence-electron chi connectivity index (χ0n) is 12.7. The van der Waals surface area contributed by atoms with Crippen LogP contribution in [0.3, 0.4) is 0 Å². The Labute approximate surface area is 130 Å². The van der Waals surface area contributed by atoms with Crippen molar-refractivity contribution in [3.05, 3.63) is 54.2 Å². The molecule has 0 saturated heterocycles. The molecule has 22 heavy (non-hydrogen) atoms. The number of ether oxygens (including phenoxy) is 1. The topological polar surface area (TPSA) is 69.7 Å². The van der Waals surface area contributed by atoms with Gasteiger partial charge in [-0.2, -0.15) is 0 Å². The minimum Gasteiger partial charge on any atom is -0.497 e. The van der Waals surface area contributed by atoms with Gasteiger partial charge in [0.25, 0.3) is 0 Å². The summed E-state index contributed by atoms with van der Waals surface area (Å²) in [6, 6.07) is 12.6. The first-order valence-electron chi connectivity index (χ1n) is 6.65. The molecule has 0 bridgehead atoms. The summed E-state index contributed by atoms with van der Waals surface area (Å²) < 4.78 is 28.3. The molecule has 1 aromatic carbocycles. The highest BCUT2D eigenvalue weighted by Crippen LogP contribution is 2.59. The summed E-state index contributed by atoms with van der Waals surface area (Å²) >= 11 is 0. The van der Waals surface area contributed by atoms with Crippen molar-refractivity contribution < 1.29 is 18.3 Å². The lowest BCUT2D eigenvalue weighted by Crippen LogP contribution is -2.14. The van der Waals surface area contributed by atoms with Crippen LogP contribution < -0.4 is 10.1 Å². The minimum absolute atomic E-state index is 0.581. The van der Waals surface area contributed by atoms with E-state index in [2.05, 4.69) is 10.3 Å². The molecule has 0 spiro atoms. The number of nitrogens with zero attached hydrogens (tertiary/aromatic N) is 1. The summed E-state index contributed by atoms with van der Waals surface area (Å²) in [6.45, 7) is 0. The Hall–Kier alpha value is -1.88. The van der Waals surface area contributed by atoms with E-state index in [9.17, 15) is 4.57 Å². The van der Waals surface area contributed by atoms with Crippen LogP contribution >= 0.6 is 7.60 Å². The van der Waals surface area contributed by atoms with Gasteiger partial charge in [0.15, 0.2) is 5.78 Å². The molecule has 2 aromatic rings. The summed E-state index contributed by atoms with van der Waals surface area (Å²) in [4.78, 5) is 4.19. The molecule has 1 unspecified atom stereocenters. The van der Waals surface area contributed by atoms with Crippen molar-refractivity contribution in [1.82, 2.24) is 4.98 Å². The summed E-state index contributed by atoms with van der Waals surface area (Å²) in [5.74, 6) is 0.617. The third kappa shape index (κ3) is 3.65. The van der Waals surface area contributed by atoms with Gasteiger partial charge in [0.2, 0.25) is 0 Å². The van der Waals surface area contributed by atoms with Crippen LogP contribution in [0.2, 0.25) is 0 Å². The molecule has 6 nitrogen and oxygen atoms in total. The van der Waals surface area contributed by atoms with Gasteiger partial charge in [0.1, 0.15) is 11.6 Å². The zero-order chi connectivity index (χ0) is 16.0. The fourth-order valence-electron chi connectivity index (χ4n) is 2.00. The Kier molecular flexibility index (Phi) is 5.55. The maximum absolute atomic E-state index is 12.8. The van der Waals surface area contributed by atoms with Gasteiger partial charge in [0.05, 0.1) is 7.11 Å². The molecule has 0 aliphatic heterocycles. The zero-order valence-corrected chi connectivity index (χ0v) is 13.6. The molecule has 0 amide bonds. The van der Waals surface area contributed by atoms with Crippen LogP contribution in [-0.2, 0) is 13.6 Å². The van der Waals surface area contributed by atoms with E-state index in [0.29, 0.717) is 11.6 Å². The molecule has 118 valence electrons. The molecular weight excluding hydrogens is 303 g/mol. The van der Waals surface area contributed by atoms with Crippen molar-refractivity contribution in [2.45, 2.75) is 5.78 Å². The Morgan fingerprint density at radius 3 is 2.23 bits per heavy atom. The highest BCUT2D eigenvalue weighted by molar-refractivity contribution is 7.54. The Morgan fingerprint density at radius 1 is 1.05 bits per heavy atom. The van der Waals surface area contributed by atoms with Gasteiger partial charge < -0.3 is 19.1 Å². The Bertz CT molecular complexity index is 626. The lowest BCUT2D eigenvalue weighted by atomic mass is 10.2. The van der Waals surface area contributed by atoms with Crippen LogP contribution in [0, 0.1) is 0 Å². The van der Waals surface area contributed by atoms with Crippen molar-refractivity contribution in [3.63, 3.8) is 0 Å². The Balaban J connectivity index is 2.38. The fourth-order valence-corrected chi connectivity index (χ4v) is 3.40. The van der Waals surface area contributed by atoms with Gasteiger partial charge in [-0.15, -0.1) is 0 Å². The number of nitrogens with one attached hydrogen (secondary N) is 1. The average Bonchev–Trinajstić information content (AvgIpc) is 2.60. The maximum atomic E-state index is 12.8.